The molecule has 0 aromatic heterocycles. The summed E-state index contributed by atoms with van der Waals surface area (Å²) in [7, 11) is 0. The fraction of sp³-hybridized carbons (Fsp3) is 0.600. The third kappa shape index (κ3) is 4.29. The monoisotopic (exact) mass is 282 g/mol. The maximum Gasteiger partial charge on any atom is 0.0656 e. The van der Waals surface area contributed by atoms with E-state index in [0.29, 0.717) is 16.8 Å². The summed E-state index contributed by atoms with van der Waals surface area (Å²) in [6, 6.07) is 3.78. The highest BCUT2D eigenvalue weighted by Crippen LogP contribution is 2.26. The van der Waals surface area contributed by atoms with Crippen LogP contribution in [0.2, 0.25) is 5.02 Å². The van der Waals surface area contributed by atoms with Crippen LogP contribution in [0.4, 0.5) is 11.4 Å². The maximum atomic E-state index is 6.02. The lowest BCUT2D eigenvalue weighted by Gasteiger charge is -2.22. The van der Waals surface area contributed by atoms with Crippen LogP contribution in [0.5, 0.6) is 0 Å². The van der Waals surface area contributed by atoms with Crippen molar-refractivity contribution in [2.75, 3.05) is 24.2 Å². The fourth-order valence-corrected chi connectivity index (χ4v) is 2.70. The van der Waals surface area contributed by atoms with Crippen LogP contribution in [-0.2, 0) is 4.74 Å². The number of anilines is 2. The van der Waals surface area contributed by atoms with Crippen LogP contribution < -0.4 is 11.1 Å². The Kier molecular flexibility index (Phi) is 5.34. The number of hydrogen-bond donors (Lipinski definition) is 2. The number of halogens is 1. The normalized spacial score (nSPS) is 16.5. The van der Waals surface area contributed by atoms with Gasteiger partial charge in [0.1, 0.15) is 0 Å². The second-order valence-corrected chi connectivity index (χ2v) is 5.65. The molecule has 0 heterocycles. The number of ether oxygens (including phenoxy) is 1. The van der Waals surface area contributed by atoms with Crippen molar-refractivity contribution in [1.82, 2.24) is 0 Å². The predicted octanol–water partition coefficient (Wildman–Crippen LogP) is 3.99. The molecule has 0 radical (unpaired) electrons. The molecular weight excluding hydrogens is 260 g/mol. The molecule has 106 valence electrons. The molecule has 0 aliphatic heterocycles. The summed E-state index contributed by atoms with van der Waals surface area (Å²) in [5.41, 5.74) is 8.53. The van der Waals surface area contributed by atoms with Gasteiger partial charge in [0.2, 0.25) is 0 Å². The molecule has 0 bridgehead atoms. The van der Waals surface area contributed by atoms with Crippen LogP contribution in [0.1, 0.15) is 37.7 Å². The van der Waals surface area contributed by atoms with E-state index < -0.39 is 0 Å². The lowest BCUT2D eigenvalue weighted by Crippen LogP contribution is -2.20. The summed E-state index contributed by atoms with van der Waals surface area (Å²) in [4.78, 5) is 0. The van der Waals surface area contributed by atoms with Crippen molar-refractivity contribution in [3.63, 3.8) is 0 Å². The lowest BCUT2D eigenvalue weighted by molar-refractivity contribution is 0.0347. The number of nitrogens with one attached hydrogen (secondary N) is 1. The van der Waals surface area contributed by atoms with E-state index in [-0.39, 0.29) is 0 Å². The molecule has 0 spiro atoms. The first-order valence-corrected chi connectivity index (χ1v) is 7.45. The molecule has 1 fully saturated rings. The molecule has 0 atom stereocenters. The second kappa shape index (κ2) is 7.01. The Balaban J connectivity index is 1.74. The summed E-state index contributed by atoms with van der Waals surface area (Å²) in [6.07, 6.45) is 6.88. The number of nitrogens with two attached hydrogens (primary N) is 1. The number of rotatable bonds is 5. The topological polar surface area (TPSA) is 47.3 Å². The van der Waals surface area contributed by atoms with Crippen LogP contribution in [-0.4, -0.2) is 19.3 Å². The van der Waals surface area contributed by atoms with E-state index in [2.05, 4.69) is 5.32 Å². The molecule has 1 saturated carbocycles. The molecule has 3 N–H and O–H groups in total. The van der Waals surface area contributed by atoms with E-state index in [1.807, 2.05) is 19.1 Å². The largest absolute Gasteiger partial charge is 0.398 e. The number of benzene rings is 1. The van der Waals surface area contributed by atoms with Crippen LogP contribution in [0, 0.1) is 6.92 Å². The van der Waals surface area contributed by atoms with Gasteiger partial charge >= 0.3 is 0 Å². The molecule has 2 rings (SSSR count). The van der Waals surface area contributed by atoms with Gasteiger partial charge in [0.15, 0.2) is 0 Å². The molecule has 1 aromatic carbocycles. The SMILES string of the molecule is Cc1cc(N)c(Cl)cc1NCCOC1CCCCC1. The van der Waals surface area contributed by atoms with E-state index in [9.17, 15) is 0 Å². The summed E-state index contributed by atoms with van der Waals surface area (Å²) in [6.45, 7) is 3.57. The highest BCUT2D eigenvalue weighted by atomic mass is 35.5. The lowest BCUT2D eigenvalue weighted by atomic mass is 9.98. The highest BCUT2D eigenvalue weighted by Gasteiger charge is 2.13. The van der Waals surface area contributed by atoms with E-state index in [4.69, 9.17) is 22.1 Å². The Bertz CT molecular complexity index is 417. The van der Waals surface area contributed by atoms with Gasteiger partial charge in [-0.2, -0.15) is 0 Å². The van der Waals surface area contributed by atoms with Gasteiger partial charge in [0.25, 0.3) is 0 Å². The molecular formula is C15H23ClN2O. The highest BCUT2D eigenvalue weighted by molar-refractivity contribution is 6.33. The van der Waals surface area contributed by atoms with E-state index in [1.54, 1.807) is 0 Å². The Labute approximate surface area is 120 Å². The van der Waals surface area contributed by atoms with Crippen molar-refractivity contribution in [2.45, 2.75) is 45.1 Å². The van der Waals surface area contributed by atoms with Gasteiger partial charge in [-0.3, -0.25) is 0 Å². The van der Waals surface area contributed by atoms with Gasteiger partial charge < -0.3 is 15.8 Å². The zero-order valence-electron chi connectivity index (χ0n) is 11.5. The fourth-order valence-electron chi connectivity index (χ4n) is 2.54. The van der Waals surface area contributed by atoms with Crippen LogP contribution in [0.3, 0.4) is 0 Å². The van der Waals surface area contributed by atoms with Crippen LogP contribution in [0.25, 0.3) is 0 Å². The van der Waals surface area contributed by atoms with E-state index in [0.717, 1.165) is 24.4 Å². The number of hydrogen-bond acceptors (Lipinski definition) is 3. The van der Waals surface area contributed by atoms with Crippen LogP contribution in [0.15, 0.2) is 12.1 Å². The van der Waals surface area contributed by atoms with Gasteiger partial charge in [-0.1, -0.05) is 30.9 Å². The zero-order chi connectivity index (χ0) is 13.7. The van der Waals surface area contributed by atoms with Gasteiger partial charge in [-0.05, 0) is 37.5 Å². The van der Waals surface area contributed by atoms with E-state index in [1.165, 1.54) is 32.1 Å². The average molecular weight is 283 g/mol. The molecule has 0 amide bonds. The number of nitrogen functional groups attached to an aromatic ring is 1. The standard InChI is InChI=1S/C15H23ClN2O/c1-11-9-14(17)13(16)10-15(11)18-7-8-19-12-5-3-2-4-6-12/h9-10,12,18H,2-8,17H2,1H3. The molecule has 0 unspecified atom stereocenters. The minimum Gasteiger partial charge on any atom is -0.398 e. The Morgan fingerprint density at radius 2 is 2.05 bits per heavy atom. The summed E-state index contributed by atoms with van der Waals surface area (Å²) < 4.78 is 5.88. The maximum absolute atomic E-state index is 6.02. The first-order valence-electron chi connectivity index (χ1n) is 7.08. The molecule has 4 heteroatoms. The second-order valence-electron chi connectivity index (χ2n) is 5.25. The quantitative estimate of drug-likeness (QED) is 0.634. The van der Waals surface area contributed by atoms with Crippen molar-refractivity contribution >= 4 is 23.0 Å². The zero-order valence-corrected chi connectivity index (χ0v) is 12.3. The Hall–Kier alpha value is -0.930. The first-order chi connectivity index (χ1) is 9.16. The van der Waals surface area contributed by atoms with Crippen LogP contribution >= 0.6 is 11.6 Å². The first kappa shape index (κ1) is 14.5. The average Bonchev–Trinajstić information content (AvgIpc) is 2.41. The van der Waals surface area contributed by atoms with Crippen molar-refractivity contribution in [3.05, 3.63) is 22.7 Å². The minimum atomic E-state index is 0.464. The molecule has 1 aliphatic rings. The van der Waals surface area contributed by atoms with Gasteiger partial charge in [-0.25, -0.2) is 0 Å². The Morgan fingerprint density at radius 1 is 1.32 bits per heavy atom. The summed E-state index contributed by atoms with van der Waals surface area (Å²) in [5.74, 6) is 0. The molecule has 1 aliphatic carbocycles. The molecule has 3 nitrogen and oxygen atoms in total. The third-order valence-corrected chi connectivity index (χ3v) is 3.99. The smallest absolute Gasteiger partial charge is 0.0656 e. The molecule has 1 aromatic rings. The van der Waals surface area contributed by atoms with Gasteiger partial charge in [-0.15, -0.1) is 0 Å². The van der Waals surface area contributed by atoms with Crippen molar-refractivity contribution in [2.24, 2.45) is 0 Å². The third-order valence-electron chi connectivity index (χ3n) is 3.67. The summed E-state index contributed by atoms with van der Waals surface area (Å²) >= 11 is 6.02. The van der Waals surface area contributed by atoms with Gasteiger partial charge in [0.05, 0.1) is 23.4 Å². The molecule has 19 heavy (non-hydrogen) atoms. The van der Waals surface area contributed by atoms with Crippen molar-refractivity contribution in [1.29, 1.82) is 0 Å². The summed E-state index contributed by atoms with van der Waals surface area (Å²) in [5, 5.41) is 3.95. The van der Waals surface area contributed by atoms with Gasteiger partial charge in [0, 0.05) is 12.2 Å². The minimum absolute atomic E-state index is 0.464. The molecule has 0 saturated heterocycles. The van der Waals surface area contributed by atoms with Crippen molar-refractivity contribution < 1.29 is 4.74 Å². The number of aryl methyl sites for hydroxylation is 1. The van der Waals surface area contributed by atoms with E-state index >= 15 is 0 Å². The Morgan fingerprint density at radius 3 is 2.79 bits per heavy atom. The van der Waals surface area contributed by atoms with Crippen molar-refractivity contribution in [3.8, 4) is 0 Å². The predicted molar refractivity (Wildman–Crippen MR) is 81.9 cm³/mol.